The molecule has 0 atom stereocenters. The van der Waals surface area contributed by atoms with Gasteiger partial charge in [-0.3, -0.25) is 0 Å². The fraction of sp³-hybridized carbons (Fsp3) is 0.200. The molecule has 0 spiro atoms. The van der Waals surface area contributed by atoms with Crippen LogP contribution in [-0.2, 0) is 13.0 Å². The summed E-state index contributed by atoms with van der Waals surface area (Å²) >= 11 is 0. The van der Waals surface area contributed by atoms with E-state index >= 15 is 0 Å². The van der Waals surface area contributed by atoms with Crippen molar-refractivity contribution in [2.45, 2.75) is 13.0 Å². The summed E-state index contributed by atoms with van der Waals surface area (Å²) in [7, 11) is 3.35. The Bertz CT molecular complexity index is 912. The topological polar surface area (TPSA) is 38.7 Å². The summed E-state index contributed by atoms with van der Waals surface area (Å²) in [5, 5.41) is 12.2. The number of aliphatic hydroxyl groups is 1. The van der Waals surface area contributed by atoms with Gasteiger partial charge < -0.3 is 14.6 Å². The van der Waals surface area contributed by atoms with Crippen LogP contribution in [0.4, 0.5) is 0 Å². The number of fused-ring (bicyclic) bond motifs is 4. The zero-order chi connectivity index (χ0) is 16.0. The number of rotatable bonds is 3. The van der Waals surface area contributed by atoms with Crippen molar-refractivity contribution < 1.29 is 14.6 Å². The molecule has 1 aliphatic carbocycles. The molecule has 1 N–H and O–H groups in total. The zero-order valence-corrected chi connectivity index (χ0v) is 13.2. The Balaban J connectivity index is 1.98. The zero-order valence-electron chi connectivity index (χ0n) is 13.2. The molecule has 0 amide bonds. The lowest BCUT2D eigenvalue weighted by atomic mass is 9.94. The van der Waals surface area contributed by atoms with E-state index in [0.717, 1.165) is 34.3 Å². The van der Waals surface area contributed by atoms with Crippen LogP contribution < -0.4 is 9.47 Å². The number of benzene rings is 3. The number of hydrogen-bond acceptors (Lipinski definition) is 3. The van der Waals surface area contributed by atoms with Crippen molar-refractivity contribution >= 4 is 10.8 Å². The highest BCUT2D eigenvalue weighted by atomic mass is 16.5. The van der Waals surface area contributed by atoms with Gasteiger partial charge in [0.1, 0.15) is 11.5 Å². The molecule has 0 bridgehead atoms. The van der Waals surface area contributed by atoms with Crippen LogP contribution in [0, 0.1) is 0 Å². The van der Waals surface area contributed by atoms with E-state index in [1.807, 2.05) is 18.2 Å². The molecule has 3 aromatic carbocycles. The Hall–Kier alpha value is -2.52. The fourth-order valence-corrected chi connectivity index (χ4v) is 3.54. The lowest BCUT2D eigenvalue weighted by molar-refractivity contribution is 0.282. The van der Waals surface area contributed by atoms with Gasteiger partial charge in [0, 0.05) is 0 Å². The number of hydrogen-bond donors (Lipinski definition) is 1. The number of methoxy groups -OCH3 is 2. The summed E-state index contributed by atoms with van der Waals surface area (Å²) in [6, 6.07) is 14.4. The summed E-state index contributed by atoms with van der Waals surface area (Å²) in [4.78, 5) is 0. The molecule has 4 rings (SSSR count). The van der Waals surface area contributed by atoms with Gasteiger partial charge >= 0.3 is 0 Å². The van der Waals surface area contributed by atoms with Crippen LogP contribution in [0.3, 0.4) is 0 Å². The first-order valence-electron chi connectivity index (χ1n) is 7.66. The lowest BCUT2D eigenvalue weighted by Gasteiger charge is -2.12. The Morgan fingerprint density at radius 1 is 0.913 bits per heavy atom. The molecule has 0 aromatic heterocycles. The standard InChI is InChI=1S/C20H18O3/c1-22-14-5-6-16-13(7-14)9-19-18(16)8-12-3-4-15(23-2)10-17(12)20(19)11-21/h3-8,10,21H,9,11H2,1-2H3. The minimum Gasteiger partial charge on any atom is -0.497 e. The Labute approximate surface area is 135 Å². The Kier molecular flexibility index (Phi) is 3.24. The predicted molar refractivity (Wildman–Crippen MR) is 91.2 cm³/mol. The van der Waals surface area contributed by atoms with E-state index < -0.39 is 0 Å². The van der Waals surface area contributed by atoms with E-state index in [1.165, 1.54) is 22.3 Å². The number of aliphatic hydroxyl groups excluding tert-OH is 1. The molecule has 1 aliphatic rings. The van der Waals surface area contributed by atoms with Gasteiger partial charge in [-0.25, -0.2) is 0 Å². The Morgan fingerprint density at radius 3 is 2.39 bits per heavy atom. The molecule has 116 valence electrons. The summed E-state index contributed by atoms with van der Waals surface area (Å²) in [6.07, 6.45) is 0.824. The highest BCUT2D eigenvalue weighted by Gasteiger charge is 2.23. The molecule has 0 heterocycles. The monoisotopic (exact) mass is 306 g/mol. The van der Waals surface area contributed by atoms with E-state index in [4.69, 9.17) is 9.47 Å². The van der Waals surface area contributed by atoms with Crippen molar-refractivity contribution in [2.75, 3.05) is 14.2 Å². The van der Waals surface area contributed by atoms with Gasteiger partial charge in [-0.1, -0.05) is 12.1 Å². The second-order valence-electron chi connectivity index (χ2n) is 5.83. The molecule has 3 nitrogen and oxygen atoms in total. The minimum absolute atomic E-state index is 0.0258. The second kappa shape index (κ2) is 5.28. The highest BCUT2D eigenvalue weighted by molar-refractivity contribution is 5.95. The second-order valence-corrected chi connectivity index (χ2v) is 5.83. The van der Waals surface area contributed by atoms with Gasteiger partial charge in [-0.15, -0.1) is 0 Å². The predicted octanol–water partition coefficient (Wildman–Crippen LogP) is 3.92. The Morgan fingerprint density at radius 2 is 1.65 bits per heavy atom. The summed E-state index contributed by atoms with van der Waals surface area (Å²) in [5.41, 5.74) is 5.89. The van der Waals surface area contributed by atoms with Crippen molar-refractivity contribution in [3.05, 3.63) is 59.2 Å². The summed E-state index contributed by atoms with van der Waals surface area (Å²) < 4.78 is 10.7. The van der Waals surface area contributed by atoms with Crippen molar-refractivity contribution in [1.82, 2.24) is 0 Å². The molecule has 23 heavy (non-hydrogen) atoms. The van der Waals surface area contributed by atoms with Crippen LogP contribution in [0.5, 0.6) is 11.5 Å². The van der Waals surface area contributed by atoms with Crippen molar-refractivity contribution in [3.63, 3.8) is 0 Å². The quantitative estimate of drug-likeness (QED) is 0.623. The first kappa shape index (κ1) is 14.1. The molecule has 0 fully saturated rings. The van der Waals surface area contributed by atoms with E-state index in [1.54, 1.807) is 14.2 Å². The van der Waals surface area contributed by atoms with Gasteiger partial charge in [0.2, 0.25) is 0 Å². The van der Waals surface area contributed by atoms with Crippen LogP contribution in [0.2, 0.25) is 0 Å². The van der Waals surface area contributed by atoms with Crippen LogP contribution in [0.15, 0.2) is 42.5 Å². The first-order chi connectivity index (χ1) is 11.2. The lowest BCUT2D eigenvalue weighted by Crippen LogP contribution is -1.95. The third-order valence-corrected chi connectivity index (χ3v) is 4.70. The van der Waals surface area contributed by atoms with Gasteiger partial charge in [0.25, 0.3) is 0 Å². The molecule has 3 heteroatoms. The van der Waals surface area contributed by atoms with Crippen LogP contribution >= 0.6 is 0 Å². The van der Waals surface area contributed by atoms with Crippen molar-refractivity contribution in [2.24, 2.45) is 0 Å². The van der Waals surface area contributed by atoms with E-state index in [9.17, 15) is 5.11 Å². The fourth-order valence-electron chi connectivity index (χ4n) is 3.54. The summed E-state index contributed by atoms with van der Waals surface area (Å²) in [5.74, 6) is 1.68. The van der Waals surface area contributed by atoms with Crippen LogP contribution in [0.1, 0.15) is 16.7 Å². The van der Waals surface area contributed by atoms with Gasteiger partial charge in [-0.05, 0) is 75.3 Å². The molecular formula is C20H18O3. The maximum atomic E-state index is 9.98. The number of ether oxygens (including phenoxy) is 2. The van der Waals surface area contributed by atoms with Gasteiger partial charge in [-0.2, -0.15) is 0 Å². The van der Waals surface area contributed by atoms with E-state index in [-0.39, 0.29) is 6.61 Å². The maximum absolute atomic E-state index is 9.98. The average molecular weight is 306 g/mol. The van der Waals surface area contributed by atoms with Gasteiger partial charge in [0.15, 0.2) is 0 Å². The molecular weight excluding hydrogens is 288 g/mol. The van der Waals surface area contributed by atoms with Crippen molar-refractivity contribution in [3.8, 4) is 22.6 Å². The van der Waals surface area contributed by atoms with Crippen molar-refractivity contribution in [1.29, 1.82) is 0 Å². The average Bonchev–Trinajstić information content (AvgIpc) is 2.96. The largest absolute Gasteiger partial charge is 0.497 e. The molecule has 3 aromatic rings. The molecule has 0 radical (unpaired) electrons. The normalized spacial score (nSPS) is 12.1. The smallest absolute Gasteiger partial charge is 0.119 e. The third-order valence-electron chi connectivity index (χ3n) is 4.70. The third kappa shape index (κ3) is 2.08. The minimum atomic E-state index is 0.0258. The van der Waals surface area contributed by atoms with Gasteiger partial charge in [0.05, 0.1) is 20.8 Å². The molecule has 0 saturated heterocycles. The molecule has 0 aliphatic heterocycles. The molecule has 0 unspecified atom stereocenters. The first-order valence-corrected chi connectivity index (χ1v) is 7.66. The SMILES string of the molecule is COc1ccc2c(c1)Cc1c-2cc2ccc(OC)cc2c1CO. The van der Waals surface area contributed by atoms with E-state index in [0.29, 0.717) is 0 Å². The highest BCUT2D eigenvalue weighted by Crippen LogP contribution is 2.43. The maximum Gasteiger partial charge on any atom is 0.119 e. The van der Waals surface area contributed by atoms with Crippen LogP contribution in [-0.4, -0.2) is 19.3 Å². The van der Waals surface area contributed by atoms with E-state index in [2.05, 4.69) is 24.3 Å². The van der Waals surface area contributed by atoms with Crippen LogP contribution in [0.25, 0.3) is 21.9 Å². The summed E-state index contributed by atoms with van der Waals surface area (Å²) in [6.45, 7) is 0.0258. The molecule has 0 saturated carbocycles.